The Bertz CT molecular complexity index is 882. The summed E-state index contributed by atoms with van der Waals surface area (Å²) in [5.41, 5.74) is 2.59. The highest BCUT2D eigenvalue weighted by Gasteiger charge is 2.45. The first-order chi connectivity index (χ1) is 15.5. The lowest BCUT2D eigenvalue weighted by Crippen LogP contribution is -2.56. The zero-order valence-corrected chi connectivity index (χ0v) is 18.6. The lowest BCUT2D eigenvalue weighted by atomic mass is 9.90. The molecule has 0 bridgehead atoms. The van der Waals surface area contributed by atoms with Crippen LogP contribution in [0.4, 0.5) is 0 Å². The zero-order chi connectivity index (χ0) is 22.7. The van der Waals surface area contributed by atoms with E-state index in [1.54, 1.807) is 12.1 Å². The molecule has 0 spiro atoms. The Labute approximate surface area is 192 Å². The van der Waals surface area contributed by atoms with Gasteiger partial charge in [-0.25, -0.2) is 0 Å². The van der Waals surface area contributed by atoms with Crippen LogP contribution in [0, 0.1) is 0 Å². The van der Waals surface area contributed by atoms with Crippen molar-refractivity contribution in [1.29, 1.82) is 0 Å². The van der Waals surface area contributed by atoms with Gasteiger partial charge in [0, 0.05) is 18.6 Å². The molecule has 0 saturated carbocycles. The number of ether oxygens (including phenoxy) is 4. The van der Waals surface area contributed by atoms with Crippen molar-refractivity contribution in [3.63, 3.8) is 0 Å². The van der Waals surface area contributed by atoms with Crippen LogP contribution in [0.3, 0.4) is 0 Å². The van der Waals surface area contributed by atoms with Gasteiger partial charge in [-0.15, -0.1) is 0 Å². The number of aliphatic hydroxyl groups is 3. The van der Waals surface area contributed by atoms with Crippen LogP contribution in [-0.2, 0) is 20.6 Å². The van der Waals surface area contributed by atoms with Gasteiger partial charge < -0.3 is 34.3 Å². The minimum Gasteiger partial charge on any atom is -0.488 e. The van der Waals surface area contributed by atoms with Crippen LogP contribution in [0.2, 0.25) is 5.02 Å². The van der Waals surface area contributed by atoms with Crippen molar-refractivity contribution in [2.75, 3.05) is 26.9 Å². The van der Waals surface area contributed by atoms with Crippen molar-refractivity contribution in [2.45, 2.75) is 49.5 Å². The van der Waals surface area contributed by atoms with Gasteiger partial charge in [-0.3, -0.25) is 0 Å². The molecular weight excluding hydrogens is 436 g/mol. The van der Waals surface area contributed by atoms with E-state index in [0.717, 1.165) is 29.9 Å². The molecule has 0 aromatic heterocycles. The van der Waals surface area contributed by atoms with E-state index in [2.05, 4.69) is 0 Å². The fourth-order valence-corrected chi connectivity index (χ4v) is 4.45. The Balaban J connectivity index is 1.49. The third-order valence-electron chi connectivity index (χ3n) is 6.04. The summed E-state index contributed by atoms with van der Waals surface area (Å²) in [5.74, 6) is 0.805. The molecular formula is C24H29ClO7. The largest absolute Gasteiger partial charge is 0.488 e. The van der Waals surface area contributed by atoms with Gasteiger partial charge in [0.1, 0.15) is 42.4 Å². The van der Waals surface area contributed by atoms with Crippen LogP contribution in [-0.4, -0.2) is 72.8 Å². The van der Waals surface area contributed by atoms with Crippen molar-refractivity contribution < 1.29 is 34.3 Å². The second-order valence-corrected chi connectivity index (χ2v) is 8.64. The summed E-state index contributed by atoms with van der Waals surface area (Å²) in [4.78, 5) is 0. The van der Waals surface area contributed by atoms with E-state index in [0.29, 0.717) is 23.6 Å². The highest BCUT2D eigenvalue weighted by molar-refractivity contribution is 6.31. The van der Waals surface area contributed by atoms with E-state index in [-0.39, 0.29) is 12.7 Å². The monoisotopic (exact) mass is 464 g/mol. The van der Waals surface area contributed by atoms with E-state index in [1.807, 2.05) is 30.3 Å². The van der Waals surface area contributed by atoms with Crippen LogP contribution >= 0.6 is 11.6 Å². The Morgan fingerprint density at radius 1 is 1.09 bits per heavy atom. The van der Waals surface area contributed by atoms with Crippen molar-refractivity contribution in [2.24, 2.45) is 0 Å². The molecule has 174 valence electrons. The second kappa shape index (κ2) is 10.5. The summed E-state index contributed by atoms with van der Waals surface area (Å²) in [7, 11) is 1.41. The maximum atomic E-state index is 10.6. The summed E-state index contributed by atoms with van der Waals surface area (Å²) in [6, 6.07) is 13.2. The standard InChI is InChI=1S/C24H29ClO7/c1-29-24-20(12-26)32-23(21(27)22(24)28)15-4-7-19(25)16(11-15)10-14-2-5-17(6-3-14)31-18-8-9-30-13-18/h2-7,11,18,20-24,26-28H,8-10,12-13H2,1H3/t18-,20-,21-,22-,23+,24-/m1/s1. The summed E-state index contributed by atoms with van der Waals surface area (Å²) >= 11 is 6.45. The molecule has 2 aromatic rings. The van der Waals surface area contributed by atoms with E-state index in [4.69, 9.17) is 30.5 Å². The number of methoxy groups -OCH3 is 1. The molecule has 3 N–H and O–H groups in total. The predicted octanol–water partition coefficient (Wildman–Crippen LogP) is 2.27. The zero-order valence-electron chi connectivity index (χ0n) is 17.9. The molecule has 2 aliphatic heterocycles. The van der Waals surface area contributed by atoms with Gasteiger partial charge in [0.25, 0.3) is 0 Å². The number of hydrogen-bond donors (Lipinski definition) is 3. The Morgan fingerprint density at radius 2 is 1.88 bits per heavy atom. The summed E-state index contributed by atoms with van der Waals surface area (Å²) in [6.07, 6.45) is -3.18. The smallest absolute Gasteiger partial charge is 0.124 e. The molecule has 7 nitrogen and oxygen atoms in total. The second-order valence-electron chi connectivity index (χ2n) is 8.23. The van der Waals surface area contributed by atoms with Crippen LogP contribution < -0.4 is 4.74 Å². The molecule has 0 radical (unpaired) electrons. The molecule has 0 amide bonds. The fraction of sp³-hybridized carbons (Fsp3) is 0.500. The Morgan fingerprint density at radius 3 is 2.53 bits per heavy atom. The third kappa shape index (κ3) is 5.10. The first kappa shape index (κ1) is 23.4. The highest BCUT2D eigenvalue weighted by atomic mass is 35.5. The third-order valence-corrected chi connectivity index (χ3v) is 6.41. The van der Waals surface area contributed by atoms with Crippen molar-refractivity contribution in [3.8, 4) is 5.75 Å². The number of aliphatic hydroxyl groups excluding tert-OH is 3. The molecule has 2 fully saturated rings. The van der Waals surface area contributed by atoms with Crippen LogP contribution in [0.1, 0.15) is 29.2 Å². The Hall–Kier alpha value is -1.71. The molecule has 4 rings (SSSR count). The predicted molar refractivity (Wildman–Crippen MR) is 118 cm³/mol. The normalized spacial score (nSPS) is 30.4. The minimum absolute atomic E-state index is 0.102. The number of benzene rings is 2. The van der Waals surface area contributed by atoms with Crippen molar-refractivity contribution in [3.05, 3.63) is 64.2 Å². The molecule has 2 heterocycles. The minimum atomic E-state index is -1.20. The fourth-order valence-electron chi connectivity index (χ4n) is 4.26. The van der Waals surface area contributed by atoms with Crippen LogP contribution in [0.15, 0.2) is 42.5 Å². The lowest BCUT2D eigenvalue weighted by Gasteiger charge is -2.41. The molecule has 2 aliphatic rings. The average Bonchev–Trinajstić information content (AvgIpc) is 3.31. The average molecular weight is 465 g/mol. The van der Waals surface area contributed by atoms with E-state index in [9.17, 15) is 15.3 Å². The van der Waals surface area contributed by atoms with E-state index >= 15 is 0 Å². The summed E-state index contributed by atoms with van der Waals surface area (Å²) < 4.78 is 22.3. The molecule has 0 aliphatic carbocycles. The molecule has 2 aromatic carbocycles. The van der Waals surface area contributed by atoms with Gasteiger partial charge in [0.05, 0.1) is 19.8 Å². The van der Waals surface area contributed by atoms with Gasteiger partial charge in [-0.2, -0.15) is 0 Å². The first-order valence-corrected chi connectivity index (χ1v) is 11.1. The van der Waals surface area contributed by atoms with Crippen molar-refractivity contribution in [1.82, 2.24) is 0 Å². The van der Waals surface area contributed by atoms with Crippen molar-refractivity contribution >= 4 is 11.6 Å². The molecule has 6 atom stereocenters. The van der Waals surface area contributed by atoms with Gasteiger partial charge >= 0.3 is 0 Å². The van der Waals surface area contributed by atoms with Gasteiger partial charge in [-0.1, -0.05) is 35.9 Å². The van der Waals surface area contributed by atoms with Crippen LogP contribution in [0.25, 0.3) is 0 Å². The highest BCUT2D eigenvalue weighted by Crippen LogP contribution is 2.35. The van der Waals surface area contributed by atoms with E-state index in [1.165, 1.54) is 7.11 Å². The topological polar surface area (TPSA) is 97.6 Å². The number of rotatable bonds is 7. The molecule has 32 heavy (non-hydrogen) atoms. The quantitative estimate of drug-likeness (QED) is 0.578. The first-order valence-electron chi connectivity index (χ1n) is 10.8. The number of halogens is 1. The maximum absolute atomic E-state index is 10.6. The summed E-state index contributed by atoms with van der Waals surface area (Å²) in [6.45, 7) is 1.02. The Kier molecular flexibility index (Phi) is 7.68. The molecule has 0 unspecified atom stereocenters. The SMILES string of the molecule is CO[C@H]1[C@H](O)[C@@H](O)[C@H](c2ccc(Cl)c(Cc3ccc(O[C@@H]4CCOC4)cc3)c2)O[C@@H]1CO. The van der Waals surface area contributed by atoms with Gasteiger partial charge in [0.2, 0.25) is 0 Å². The number of hydrogen-bond acceptors (Lipinski definition) is 7. The van der Waals surface area contributed by atoms with E-state index < -0.39 is 30.5 Å². The van der Waals surface area contributed by atoms with Gasteiger partial charge in [-0.05, 0) is 41.3 Å². The van der Waals surface area contributed by atoms with Gasteiger partial charge in [0.15, 0.2) is 0 Å². The van der Waals surface area contributed by atoms with Crippen LogP contribution in [0.5, 0.6) is 5.75 Å². The summed E-state index contributed by atoms with van der Waals surface area (Å²) in [5, 5.41) is 31.3. The molecule has 8 heteroatoms. The molecule has 2 saturated heterocycles. The maximum Gasteiger partial charge on any atom is 0.124 e. The lowest BCUT2D eigenvalue weighted by molar-refractivity contribution is -0.238.